The fourth-order valence-electron chi connectivity index (χ4n) is 0.652. The summed E-state index contributed by atoms with van der Waals surface area (Å²) in [4.78, 5) is 10.2. The Kier molecular flexibility index (Phi) is 5.00. The molecule has 2 unspecified atom stereocenters. The topological polar surface area (TPSA) is 92.8 Å². The molecule has 72 valence electrons. The predicted molar refractivity (Wildman–Crippen MR) is 42.6 cm³/mol. The van der Waals surface area contributed by atoms with Crippen LogP contribution in [0.2, 0.25) is 0 Å². The summed E-state index contributed by atoms with van der Waals surface area (Å²) in [5, 5.41) is 17.9. The van der Waals surface area contributed by atoms with Crippen molar-refractivity contribution in [3.8, 4) is 0 Å². The zero-order valence-corrected chi connectivity index (χ0v) is 7.06. The molecule has 12 heavy (non-hydrogen) atoms. The van der Waals surface area contributed by atoms with Gasteiger partial charge in [0.2, 0.25) is 0 Å². The summed E-state index contributed by atoms with van der Waals surface area (Å²) in [6.45, 7) is 1.64. The molecule has 0 aliphatic carbocycles. The van der Waals surface area contributed by atoms with Crippen molar-refractivity contribution in [2.75, 3.05) is 19.8 Å². The van der Waals surface area contributed by atoms with E-state index in [-0.39, 0.29) is 12.9 Å². The van der Waals surface area contributed by atoms with Gasteiger partial charge >= 0.3 is 0 Å². The predicted octanol–water partition coefficient (Wildman–Crippen LogP) is -1.73. The van der Waals surface area contributed by atoms with Crippen LogP contribution in [0.1, 0.15) is 6.92 Å². The first-order valence-electron chi connectivity index (χ1n) is 3.71. The molecular formula is C7H15NO4. The van der Waals surface area contributed by atoms with Gasteiger partial charge in [0.05, 0.1) is 18.8 Å². The monoisotopic (exact) mass is 177 g/mol. The summed E-state index contributed by atoms with van der Waals surface area (Å²) in [5.41, 5.74) is 4.10. The number of aliphatic hydroxyl groups is 2. The summed E-state index contributed by atoms with van der Waals surface area (Å²) in [7, 11) is 0. The molecule has 0 bridgehead atoms. The van der Waals surface area contributed by atoms with Gasteiger partial charge in [0.15, 0.2) is 6.29 Å². The van der Waals surface area contributed by atoms with Crippen molar-refractivity contribution in [3.63, 3.8) is 0 Å². The molecule has 0 amide bonds. The SMILES string of the molecule is CCOCC(N)(CO)C(O)C=O. The van der Waals surface area contributed by atoms with Crippen LogP contribution >= 0.6 is 0 Å². The van der Waals surface area contributed by atoms with Crippen molar-refractivity contribution in [1.82, 2.24) is 0 Å². The average molecular weight is 177 g/mol. The molecule has 0 aromatic heterocycles. The Morgan fingerprint density at radius 3 is 2.67 bits per heavy atom. The Labute approximate surface area is 71.1 Å². The van der Waals surface area contributed by atoms with Gasteiger partial charge in [-0.2, -0.15) is 0 Å². The van der Waals surface area contributed by atoms with Gasteiger partial charge in [-0.1, -0.05) is 0 Å². The second-order valence-electron chi connectivity index (χ2n) is 2.61. The van der Waals surface area contributed by atoms with Crippen LogP contribution in [-0.4, -0.2) is 48.0 Å². The van der Waals surface area contributed by atoms with Crippen LogP contribution in [-0.2, 0) is 9.53 Å². The van der Waals surface area contributed by atoms with Crippen molar-refractivity contribution in [3.05, 3.63) is 0 Å². The highest BCUT2D eigenvalue weighted by Gasteiger charge is 2.33. The highest BCUT2D eigenvalue weighted by Crippen LogP contribution is 2.05. The van der Waals surface area contributed by atoms with E-state index >= 15 is 0 Å². The van der Waals surface area contributed by atoms with E-state index < -0.39 is 18.2 Å². The van der Waals surface area contributed by atoms with Crippen LogP contribution in [0.25, 0.3) is 0 Å². The van der Waals surface area contributed by atoms with Gasteiger partial charge in [0.1, 0.15) is 6.10 Å². The Morgan fingerprint density at radius 2 is 2.33 bits per heavy atom. The molecule has 0 radical (unpaired) electrons. The van der Waals surface area contributed by atoms with Gasteiger partial charge < -0.3 is 25.5 Å². The third kappa shape index (κ3) is 2.86. The fraction of sp³-hybridized carbons (Fsp3) is 0.857. The summed E-state index contributed by atoms with van der Waals surface area (Å²) >= 11 is 0. The third-order valence-electron chi connectivity index (χ3n) is 1.59. The van der Waals surface area contributed by atoms with Crippen molar-refractivity contribution in [2.45, 2.75) is 18.6 Å². The van der Waals surface area contributed by atoms with Gasteiger partial charge in [0.25, 0.3) is 0 Å². The molecule has 0 fully saturated rings. The minimum absolute atomic E-state index is 0.0418. The lowest BCUT2D eigenvalue weighted by atomic mass is 9.97. The molecule has 0 spiro atoms. The molecule has 0 aliphatic heterocycles. The molecule has 0 heterocycles. The standard InChI is InChI=1S/C7H15NO4/c1-2-12-5-7(8,4-10)6(11)3-9/h3,6,10-11H,2,4-5,8H2,1H3. The van der Waals surface area contributed by atoms with Crippen LogP contribution in [0.5, 0.6) is 0 Å². The van der Waals surface area contributed by atoms with Gasteiger partial charge in [0, 0.05) is 6.61 Å². The first-order chi connectivity index (χ1) is 5.60. The van der Waals surface area contributed by atoms with E-state index in [4.69, 9.17) is 20.7 Å². The van der Waals surface area contributed by atoms with Crippen molar-refractivity contribution in [1.29, 1.82) is 0 Å². The molecule has 5 nitrogen and oxygen atoms in total. The minimum Gasteiger partial charge on any atom is -0.394 e. The lowest BCUT2D eigenvalue weighted by molar-refractivity contribution is -0.121. The lowest BCUT2D eigenvalue weighted by Gasteiger charge is -2.28. The molecule has 0 saturated heterocycles. The van der Waals surface area contributed by atoms with E-state index in [2.05, 4.69) is 0 Å². The number of hydrogen-bond donors (Lipinski definition) is 3. The third-order valence-corrected chi connectivity index (χ3v) is 1.59. The Morgan fingerprint density at radius 1 is 1.75 bits per heavy atom. The van der Waals surface area contributed by atoms with Crippen molar-refractivity contribution in [2.24, 2.45) is 5.73 Å². The van der Waals surface area contributed by atoms with Crippen LogP contribution in [0.3, 0.4) is 0 Å². The zero-order chi connectivity index (χ0) is 9.61. The molecule has 0 saturated carbocycles. The Hall–Kier alpha value is -0.490. The average Bonchev–Trinajstić information content (AvgIpc) is 2.12. The molecule has 0 aromatic rings. The highest BCUT2D eigenvalue weighted by atomic mass is 16.5. The first-order valence-corrected chi connectivity index (χ1v) is 3.71. The summed E-state index contributed by atoms with van der Waals surface area (Å²) in [5.74, 6) is 0. The number of hydrogen-bond acceptors (Lipinski definition) is 5. The number of rotatable bonds is 6. The molecule has 2 atom stereocenters. The van der Waals surface area contributed by atoms with Gasteiger partial charge in [-0.05, 0) is 6.92 Å². The Bertz CT molecular complexity index is 141. The normalized spacial score (nSPS) is 18.3. The van der Waals surface area contributed by atoms with Crippen LogP contribution < -0.4 is 5.73 Å². The Balaban J connectivity index is 4.12. The molecule has 0 rings (SSSR count). The van der Waals surface area contributed by atoms with E-state index in [1.165, 1.54) is 0 Å². The van der Waals surface area contributed by atoms with Gasteiger partial charge in [-0.25, -0.2) is 0 Å². The molecule has 5 heteroatoms. The minimum atomic E-state index is -1.39. The number of carbonyl (C=O) groups is 1. The summed E-state index contributed by atoms with van der Waals surface area (Å²) in [6, 6.07) is 0. The number of ether oxygens (including phenoxy) is 1. The highest BCUT2D eigenvalue weighted by molar-refractivity contribution is 5.58. The van der Waals surface area contributed by atoms with E-state index in [0.29, 0.717) is 6.61 Å². The van der Waals surface area contributed by atoms with E-state index in [1.54, 1.807) is 6.92 Å². The molecule has 0 aliphatic rings. The van der Waals surface area contributed by atoms with E-state index in [9.17, 15) is 4.79 Å². The molecular weight excluding hydrogens is 162 g/mol. The summed E-state index contributed by atoms with van der Waals surface area (Å²) < 4.78 is 4.91. The maximum absolute atomic E-state index is 10.2. The van der Waals surface area contributed by atoms with Crippen LogP contribution in [0.4, 0.5) is 0 Å². The first kappa shape index (κ1) is 11.5. The molecule has 0 aromatic carbocycles. The molecule has 4 N–H and O–H groups in total. The number of aliphatic hydroxyl groups excluding tert-OH is 2. The maximum Gasteiger partial charge on any atom is 0.150 e. The maximum atomic E-state index is 10.2. The van der Waals surface area contributed by atoms with Gasteiger partial charge in [-0.15, -0.1) is 0 Å². The largest absolute Gasteiger partial charge is 0.394 e. The number of carbonyl (C=O) groups excluding carboxylic acids is 1. The number of nitrogens with two attached hydrogens (primary N) is 1. The van der Waals surface area contributed by atoms with E-state index in [0.717, 1.165) is 0 Å². The zero-order valence-electron chi connectivity index (χ0n) is 7.06. The lowest BCUT2D eigenvalue weighted by Crippen LogP contribution is -2.58. The van der Waals surface area contributed by atoms with Crippen molar-refractivity contribution >= 4 is 6.29 Å². The van der Waals surface area contributed by atoms with Crippen LogP contribution in [0, 0.1) is 0 Å². The quantitative estimate of drug-likeness (QED) is 0.419. The smallest absolute Gasteiger partial charge is 0.150 e. The number of aldehydes is 1. The van der Waals surface area contributed by atoms with Crippen molar-refractivity contribution < 1.29 is 19.7 Å². The second kappa shape index (κ2) is 5.21. The fourth-order valence-corrected chi connectivity index (χ4v) is 0.652. The second-order valence-corrected chi connectivity index (χ2v) is 2.61. The summed E-state index contributed by atoms with van der Waals surface area (Å²) in [6.07, 6.45) is -1.11. The van der Waals surface area contributed by atoms with Gasteiger partial charge in [-0.3, -0.25) is 0 Å². The van der Waals surface area contributed by atoms with E-state index in [1.807, 2.05) is 0 Å². The van der Waals surface area contributed by atoms with Crippen LogP contribution in [0.15, 0.2) is 0 Å².